The second kappa shape index (κ2) is 7.63. The second-order valence-electron chi connectivity index (χ2n) is 4.84. The lowest BCUT2D eigenvalue weighted by molar-refractivity contribution is 0.305. The number of benzene rings is 2. The first-order chi connectivity index (χ1) is 10.4. The topological polar surface area (TPSA) is 52.6 Å². The molecule has 0 N–H and O–H groups in total. The van der Waals surface area contributed by atoms with E-state index < -0.39 is 10.1 Å². The van der Waals surface area contributed by atoms with Crippen molar-refractivity contribution in [1.82, 2.24) is 0 Å². The number of hydrogen-bond acceptors (Lipinski definition) is 4. The second-order valence-corrected chi connectivity index (χ2v) is 6.92. The lowest BCUT2D eigenvalue weighted by Gasteiger charge is -2.07. The minimum absolute atomic E-state index is 0.143. The van der Waals surface area contributed by atoms with Crippen molar-refractivity contribution in [1.29, 1.82) is 0 Å². The molecule has 0 amide bonds. The zero-order valence-electron chi connectivity index (χ0n) is 12.2. The van der Waals surface area contributed by atoms with E-state index in [0.717, 1.165) is 23.1 Å². The van der Waals surface area contributed by atoms with Crippen LogP contribution in [0.3, 0.4) is 0 Å². The SMILES string of the molecule is CS(=O)(=O)OCCc1ccc(OCc2ccc(Cl)cc2)cc1. The molecule has 22 heavy (non-hydrogen) atoms. The van der Waals surface area contributed by atoms with Gasteiger partial charge in [0.1, 0.15) is 12.4 Å². The van der Waals surface area contributed by atoms with Crippen LogP contribution in [0.15, 0.2) is 48.5 Å². The molecule has 0 fully saturated rings. The largest absolute Gasteiger partial charge is 0.489 e. The number of hydrogen-bond donors (Lipinski definition) is 0. The monoisotopic (exact) mass is 340 g/mol. The predicted octanol–water partition coefficient (Wildman–Crippen LogP) is 3.44. The maximum atomic E-state index is 10.9. The van der Waals surface area contributed by atoms with Crippen LogP contribution in [0, 0.1) is 0 Å². The highest BCUT2D eigenvalue weighted by Gasteiger charge is 2.02. The van der Waals surface area contributed by atoms with Gasteiger partial charge in [0, 0.05) is 5.02 Å². The molecule has 0 aliphatic heterocycles. The summed E-state index contributed by atoms with van der Waals surface area (Å²) in [6, 6.07) is 15.0. The molecule has 0 heterocycles. The van der Waals surface area contributed by atoms with Gasteiger partial charge in [0.25, 0.3) is 10.1 Å². The van der Waals surface area contributed by atoms with E-state index in [9.17, 15) is 8.42 Å². The van der Waals surface area contributed by atoms with E-state index in [1.807, 2.05) is 48.5 Å². The van der Waals surface area contributed by atoms with Crippen molar-refractivity contribution in [2.45, 2.75) is 13.0 Å². The van der Waals surface area contributed by atoms with Gasteiger partial charge < -0.3 is 4.74 Å². The summed E-state index contributed by atoms with van der Waals surface area (Å²) >= 11 is 5.83. The van der Waals surface area contributed by atoms with Gasteiger partial charge in [-0.1, -0.05) is 35.9 Å². The van der Waals surface area contributed by atoms with Crippen LogP contribution in [0.5, 0.6) is 5.75 Å². The van der Waals surface area contributed by atoms with Crippen molar-refractivity contribution in [3.8, 4) is 5.75 Å². The molecule has 6 heteroatoms. The van der Waals surface area contributed by atoms with E-state index in [4.69, 9.17) is 20.5 Å². The highest BCUT2D eigenvalue weighted by atomic mass is 35.5. The molecule has 2 rings (SSSR count). The summed E-state index contributed by atoms with van der Waals surface area (Å²) in [5.41, 5.74) is 2.03. The number of ether oxygens (including phenoxy) is 1. The molecule has 0 saturated heterocycles. The standard InChI is InChI=1S/C16H17ClO4S/c1-22(18,19)21-11-10-13-4-8-16(9-5-13)20-12-14-2-6-15(17)7-3-14/h2-9H,10-12H2,1H3. The average Bonchev–Trinajstić information content (AvgIpc) is 2.47. The third-order valence-electron chi connectivity index (χ3n) is 2.93. The Bertz CT molecular complexity index is 694. The van der Waals surface area contributed by atoms with Gasteiger partial charge in [-0.25, -0.2) is 0 Å². The Morgan fingerprint density at radius 3 is 2.14 bits per heavy atom. The molecule has 0 unspecified atom stereocenters. The smallest absolute Gasteiger partial charge is 0.264 e. The van der Waals surface area contributed by atoms with E-state index in [0.29, 0.717) is 18.1 Å². The summed E-state index contributed by atoms with van der Waals surface area (Å²) in [5, 5.41) is 0.699. The molecule has 0 saturated carbocycles. The van der Waals surface area contributed by atoms with Gasteiger partial charge in [0.2, 0.25) is 0 Å². The molecule has 0 radical (unpaired) electrons. The van der Waals surface area contributed by atoms with Gasteiger partial charge in [0.15, 0.2) is 0 Å². The molecule has 0 aromatic heterocycles. The van der Waals surface area contributed by atoms with Crippen LogP contribution in [-0.2, 0) is 27.3 Å². The highest BCUT2D eigenvalue weighted by Crippen LogP contribution is 2.16. The number of rotatable bonds is 7. The Labute approximate surface area is 135 Å². The van der Waals surface area contributed by atoms with Crippen LogP contribution < -0.4 is 4.74 Å². The van der Waals surface area contributed by atoms with Gasteiger partial charge in [-0.05, 0) is 41.8 Å². The lowest BCUT2D eigenvalue weighted by atomic mass is 10.1. The predicted molar refractivity (Wildman–Crippen MR) is 86.7 cm³/mol. The molecule has 0 aliphatic carbocycles. The minimum atomic E-state index is -3.38. The molecule has 2 aromatic carbocycles. The first kappa shape index (κ1) is 16.8. The maximum absolute atomic E-state index is 10.9. The summed E-state index contributed by atoms with van der Waals surface area (Å²) in [7, 11) is -3.38. The Morgan fingerprint density at radius 1 is 0.955 bits per heavy atom. The van der Waals surface area contributed by atoms with Gasteiger partial charge in [-0.2, -0.15) is 8.42 Å². The van der Waals surface area contributed by atoms with Crippen LogP contribution in [0.1, 0.15) is 11.1 Å². The summed E-state index contributed by atoms with van der Waals surface area (Å²) in [4.78, 5) is 0. The van der Waals surface area contributed by atoms with E-state index in [1.165, 1.54) is 0 Å². The lowest BCUT2D eigenvalue weighted by Crippen LogP contribution is -2.06. The van der Waals surface area contributed by atoms with Crippen molar-refractivity contribution in [3.05, 3.63) is 64.7 Å². The summed E-state index contributed by atoms with van der Waals surface area (Å²) in [5.74, 6) is 0.753. The molecular formula is C16H17ClO4S. The normalized spacial score (nSPS) is 11.4. The molecular weight excluding hydrogens is 324 g/mol. The van der Waals surface area contributed by atoms with E-state index >= 15 is 0 Å². The fourth-order valence-electron chi connectivity index (χ4n) is 1.81. The Kier molecular flexibility index (Phi) is 5.83. The Morgan fingerprint density at radius 2 is 1.55 bits per heavy atom. The maximum Gasteiger partial charge on any atom is 0.264 e. The zero-order valence-corrected chi connectivity index (χ0v) is 13.7. The van der Waals surface area contributed by atoms with Crippen LogP contribution in [0.25, 0.3) is 0 Å². The van der Waals surface area contributed by atoms with Crippen molar-refractivity contribution in [2.24, 2.45) is 0 Å². The van der Waals surface area contributed by atoms with E-state index in [-0.39, 0.29) is 6.61 Å². The van der Waals surface area contributed by atoms with Gasteiger partial charge >= 0.3 is 0 Å². The third-order valence-corrected chi connectivity index (χ3v) is 3.78. The first-order valence-electron chi connectivity index (χ1n) is 6.73. The summed E-state index contributed by atoms with van der Waals surface area (Å²) < 4.78 is 32.1. The van der Waals surface area contributed by atoms with Crippen LogP contribution >= 0.6 is 11.6 Å². The van der Waals surface area contributed by atoms with Crippen molar-refractivity contribution in [2.75, 3.05) is 12.9 Å². The average molecular weight is 341 g/mol. The molecule has 118 valence electrons. The molecule has 4 nitrogen and oxygen atoms in total. The van der Waals surface area contributed by atoms with Gasteiger partial charge in [0.05, 0.1) is 12.9 Å². The zero-order chi connectivity index (χ0) is 16.0. The van der Waals surface area contributed by atoms with Crippen LogP contribution in [0.4, 0.5) is 0 Å². The Hall–Kier alpha value is -1.56. The molecule has 0 aliphatic rings. The molecule has 0 bridgehead atoms. The number of halogens is 1. The molecule has 2 aromatic rings. The molecule has 0 spiro atoms. The summed E-state index contributed by atoms with van der Waals surface area (Å²) in [6.45, 7) is 0.609. The van der Waals surface area contributed by atoms with Crippen LogP contribution in [-0.4, -0.2) is 21.3 Å². The summed E-state index contributed by atoms with van der Waals surface area (Å²) in [6.07, 6.45) is 1.57. The van der Waals surface area contributed by atoms with E-state index in [1.54, 1.807) is 0 Å². The fourth-order valence-corrected chi connectivity index (χ4v) is 2.32. The van der Waals surface area contributed by atoms with Crippen molar-refractivity contribution < 1.29 is 17.3 Å². The fraction of sp³-hybridized carbons (Fsp3) is 0.250. The molecule has 0 atom stereocenters. The highest BCUT2D eigenvalue weighted by molar-refractivity contribution is 7.85. The van der Waals surface area contributed by atoms with E-state index in [2.05, 4.69) is 0 Å². The van der Waals surface area contributed by atoms with Crippen molar-refractivity contribution in [3.63, 3.8) is 0 Å². The third kappa shape index (κ3) is 6.05. The van der Waals surface area contributed by atoms with Gasteiger partial charge in [-0.15, -0.1) is 0 Å². The first-order valence-corrected chi connectivity index (χ1v) is 8.92. The quantitative estimate of drug-likeness (QED) is 0.724. The Balaban J connectivity index is 1.82. The minimum Gasteiger partial charge on any atom is -0.489 e. The van der Waals surface area contributed by atoms with Gasteiger partial charge in [-0.3, -0.25) is 4.18 Å². The van der Waals surface area contributed by atoms with Crippen molar-refractivity contribution >= 4 is 21.7 Å². The van der Waals surface area contributed by atoms with Crippen LogP contribution in [0.2, 0.25) is 5.02 Å².